The van der Waals surface area contributed by atoms with Crippen LogP contribution in [0.4, 0.5) is 11.4 Å². The molecule has 3 rings (SSSR count). The Kier molecular flexibility index (Phi) is 8.28. The van der Waals surface area contributed by atoms with E-state index in [1.54, 1.807) is 30.3 Å². The van der Waals surface area contributed by atoms with Crippen molar-refractivity contribution in [2.75, 3.05) is 36.4 Å². The largest absolute Gasteiger partial charge is 0.366 e. The summed E-state index contributed by atoms with van der Waals surface area (Å²) in [6, 6.07) is 12.5. The second-order valence-corrected chi connectivity index (χ2v) is 8.95. The second-order valence-electron chi connectivity index (χ2n) is 7.19. The Labute approximate surface area is 201 Å². The highest BCUT2D eigenvalue weighted by atomic mass is 79.9. The van der Waals surface area contributed by atoms with Gasteiger partial charge >= 0.3 is 0 Å². The van der Waals surface area contributed by atoms with Crippen molar-refractivity contribution in [3.63, 3.8) is 0 Å². The molecule has 0 unspecified atom stereocenters. The number of carbonyl (C=O) groups is 2. The topological polar surface area (TPSA) is 64.7 Å². The van der Waals surface area contributed by atoms with Gasteiger partial charge in [-0.2, -0.15) is 0 Å². The Morgan fingerprint density at radius 3 is 2.42 bits per heavy atom. The van der Waals surface area contributed by atoms with Gasteiger partial charge in [-0.05, 0) is 61.1 Å². The monoisotopic (exact) mass is 522 g/mol. The van der Waals surface area contributed by atoms with Gasteiger partial charge in [0.2, 0.25) is 5.91 Å². The van der Waals surface area contributed by atoms with Crippen LogP contribution in [-0.2, 0) is 4.79 Å². The fourth-order valence-corrected chi connectivity index (χ4v) is 4.02. The van der Waals surface area contributed by atoms with Gasteiger partial charge < -0.3 is 15.1 Å². The molecular formula is C22H24BrClN4O2S. The number of benzene rings is 2. The molecule has 2 N–H and O–H groups in total. The number of thiocarbonyl (C=S) groups is 1. The SMILES string of the molecule is CCCC(=O)N1CCN(c2ccc(Cl)cc2NC(=S)NC(=O)c2ccc(Br)cc2)CC1. The molecule has 1 fully saturated rings. The lowest BCUT2D eigenvalue weighted by Crippen LogP contribution is -2.49. The first-order valence-corrected chi connectivity index (χ1v) is 11.7. The fourth-order valence-electron chi connectivity index (χ4n) is 3.38. The Morgan fingerprint density at radius 2 is 1.77 bits per heavy atom. The predicted octanol–water partition coefficient (Wildman–Crippen LogP) is 4.68. The highest BCUT2D eigenvalue weighted by molar-refractivity contribution is 9.10. The number of anilines is 2. The van der Waals surface area contributed by atoms with E-state index in [9.17, 15) is 9.59 Å². The van der Waals surface area contributed by atoms with Gasteiger partial charge in [-0.1, -0.05) is 34.5 Å². The first kappa shape index (κ1) is 23.5. The molecule has 0 atom stereocenters. The molecule has 0 radical (unpaired) electrons. The van der Waals surface area contributed by atoms with Crippen molar-refractivity contribution >= 4 is 68.1 Å². The minimum Gasteiger partial charge on any atom is -0.366 e. The van der Waals surface area contributed by atoms with Crippen molar-refractivity contribution in [3.05, 3.63) is 57.5 Å². The fraction of sp³-hybridized carbons (Fsp3) is 0.318. The van der Waals surface area contributed by atoms with Crippen LogP contribution < -0.4 is 15.5 Å². The quantitative estimate of drug-likeness (QED) is 0.557. The lowest BCUT2D eigenvalue weighted by Gasteiger charge is -2.37. The number of hydrogen-bond acceptors (Lipinski definition) is 4. The smallest absolute Gasteiger partial charge is 0.257 e. The van der Waals surface area contributed by atoms with Gasteiger partial charge in [0, 0.05) is 47.7 Å². The van der Waals surface area contributed by atoms with Crippen LogP contribution in [0, 0.1) is 0 Å². The maximum absolute atomic E-state index is 12.4. The Morgan fingerprint density at radius 1 is 1.10 bits per heavy atom. The van der Waals surface area contributed by atoms with E-state index in [1.165, 1.54) is 0 Å². The van der Waals surface area contributed by atoms with E-state index in [-0.39, 0.29) is 16.9 Å². The van der Waals surface area contributed by atoms with Crippen LogP contribution in [0.1, 0.15) is 30.1 Å². The van der Waals surface area contributed by atoms with Crippen molar-refractivity contribution in [1.29, 1.82) is 0 Å². The highest BCUT2D eigenvalue weighted by Gasteiger charge is 2.22. The van der Waals surface area contributed by atoms with E-state index >= 15 is 0 Å². The maximum Gasteiger partial charge on any atom is 0.257 e. The number of carbonyl (C=O) groups excluding carboxylic acids is 2. The van der Waals surface area contributed by atoms with E-state index in [2.05, 4.69) is 31.5 Å². The van der Waals surface area contributed by atoms with E-state index in [4.69, 9.17) is 23.8 Å². The first-order valence-electron chi connectivity index (χ1n) is 10.1. The van der Waals surface area contributed by atoms with E-state index in [1.807, 2.05) is 24.0 Å². The third kappa shape index (κ3) is 6.41. The molecule has 2 aromatic carbocycles. The molecule has 31 heavy (non-hydrogen) atoms. The third-order valence-electron chi connectivity index (χ3n) is 4.98. The molecule has 0 saturated carbocycles. The molecule has 0 aliphatic carbocycles. The summed E-state index contributed by atoms with van der Waals surface area (Å²) in [7, 11) is 0. The molecule has 0 aromatic heterocycles. The number of piperazine rings is 1. The Hall–Kier alpha value is -2.16. The number of rotatable bonds is 5. The van der Waals surface area contributed by atoms with E-state index in [0.29, 0.717) is 48.9 Å². The van der Waals surface area contributed by atoms with Crippen LogP contribution in [0.3, 0.4) is 0 Å². The molecule has 1 heterocycles. The summed E-state index contributed by atoms with van der Waals surface area (Å²) in [5, 5.41) is 6.55. The van der Waals surface area contributed by atoms with Crippen molar-refractivity contribution in [1.82, 2.24) is 10.2 Å². The lowest BCUT2D eigenvalue weighted by molar-refractivity contribution is -0.131. The Bertz CT molecular complexity index is 962. The van der Waals surface area contributed by atoms with Gasteiger partial charge in [0.1, 0.15) is 0 Å². The lowest BCUT2D eigenvalue weighted by atomic mass is 10.2. The van der Waals surface area contributed by atoms with Crippen molar-refractivity contribution in [3.8, 4) is 0 Å². The van der Waals surface area contributed by atoms with Gasteiger partial charge in [0.25, 0.3) is 5.91 Å². The summed E-state index contributed by atoms with van der Waals surface area (Å²) in [5.41, 5.74) is 2.14. The average molecular weight is 524 g/mol. The minimum atomic E-state index is -0.295. The molecule has 0 spiro atoms. The molecule has 1 aliphatic heterocycles. The van der Waals surface area contributed by atoms with Gasteiger partial charge in [0.05, 0.1) is 11.4 Å². The number of nitrogens with zero attached hydrogens (tertiary/aromatic N) is 2. The first-order chi connectivity index (χ1) is 14.9. The standard InChI is InChI=1S/C22H24BrClN4O2S/c1-2-3-20(29)28-12-10-27(11-13-28)19-9-8-17(24)14-18(19)25-22(31)26-21(30)15-4-6-16(23)7-5-15/h4-9,14H,2-3,10-13H2,1H3,(H2,25,26,30,31). The molecule has 1 saturated heterocycles. The van der Waals surface area contributed by atoms with Crippen LogP contribution >= 0.6 is 39.7 Å². The average Bonchev–Trinajstić information content (AvgIpc) is 2.74. The zero-order chi connectivity index (χ0) is 22.4. The number of nitrogens with one attached hydrogen (secondary N) is 2. The van der Waals surface area contributed by atoms with Crippen molar-refractivity contribution < 1.29 is 9.59 Å². The predicted molar refractivity (Wildman–Crippen MR) is 133 cm³/mol. The van der Waals surface area contributed by atoms with Gasteiger partial charge in [-0.15, -0.1) is 0 Å². The summed E-state index contributed by atoms with van der Waals surface area (Å²) in [5.74, 6) is -0.0925. The summed E-state index contributed by atoms with van der Waals surface area (Å²) < 4.78 is 0.893. The van der Waals surface area contributed by atoms with Crippen LogP contribution in [0.25, 0.3) is 0 Å². The molecular weight excluding hydrogens is 500 g/mol. The van der Waals surface area contributed by atoms with Gasteiger partial charge in [0.15, 0.2) is 5.11 Å². The van der Waals surface area contributed by atoms with E-state index < -0.39 is 0 Å². The molecule has 2 aromatic rings. The van der Waals surface area contributed by atoms with Gasteiger partial charge in [-0.3, -0.25) is 14.9 Å². The molecule has 2 amide bonds. The zero-order valence-electron chi connectivity index (χ0n) is 17.2. The molecule has 164 valence electrons. The van der Waals surface area contributed by atoms with E-state index in [0.717, 1.165) is 16.6 Å². The van der Waals surface area contributed by atoms with Gasteiger partial charge in [-0.25, -0.2) is 0 Å². The van der Waals surface area contributed by atoms with Crippen LogP contribution in [-0.4, -0.2) is 48.0 Å². The number of halogens is 2. The second kappa shape index (κ2) is 10.9. The van der Waals surface area contributed by atoms with Crippen LogP contribution in [0.2, 0.25) is 5.02 Å². The molecule has 1 aliphatic rings. The summed E-state index contributed by atoms with van der Waals surface area (Å²) in [4.78, 5) is 28.7. The zero-order valence-corrected chi connectivity index (χ0v) is 20.3. The highest BCUT2D eigenvalue weighted by Crippen LogP contribution is 2.30. The third-order valence-corrected chi connectivity index (χ3v) is 5.95. The molecule has 0 bridgehead atoms. The van der Waals surface area contributed by atoms with Crippen LogP contribution in [0.15, 0.2) is 46.9 Å². The summed E-state index contributed by atoms with van der Waals surface area (Å²) in [6.07, 6.45) is 1.44. The van der Waals surface area contributed by atoms with Crippen molar-refractivity contribution in [2.24, 2.45) is 0 Å². The molecule has 9 heteroatoms. The maximum atomic E-state index is 12.4. The normalized spacial score (nSPS) is 13.6. The Balaban J connectivity index is 1.66. The van der Waals surface area contributed by atoms with Crippen molar-refractivity contribution in [2.45, 2.75) is 19.8 Å². The summed E-state index contributed by atoms with van der Waals surface area (Å²) >= 11 is 14.9. The van der Waals surface area contributed by atoms with Crippen LogP contribution in [0.5, 0.6) is 0 Å². The summed E-state index contributed by atoms with van der Waals surface area (Å²) in [6.45, 7) is 4.78. The number of hydrogen-bond donors (Lipinski definition) is 2. The number of amides is 2. The minimum absolute atomic E-state index is 0.188. The molecule has 6 nitrogen and oxygen atoms in total.